The number of nitrogens with zero attached hydrogens (tertiary/aromatic N) is 1. The molecule has 0 unspecified atom stereocenters. The van der Waals surface area contributed by atoms with E-state index in [0.29, 0.717) is 30.0 Å². The molecule has 1 aliphatic rings. The highest BCUT2D eigenvalue weighted by Crippen LogP contribution is 2.38. The van der Waals surface area contributed by atoms with Crippen molar-refractivity contribution in [3.63, 3.8) is 0 Å². The number of carbonyl (C=O) groups excluding carboxylic acids is 2. The van der Waals surface area contributed by atoms with E-state index in [4.69, 9.17) is 9.72 Å². The Morgan fingerprint density at radius 1 is 1.24 bits per heavy atom. The van der Waals surface area contributed by atoms with Crippen LogP contribution in [0.5, 0.6) is 0 Å². The zero-order valence-corrected chi connectivity index (χ0v) is 20.5. The second kappa shape index (κ2) is 9.61. The molecule has 33 heavy (non-hydrogen) atoms. The van der Waals surface area contributed by atoms with Crippen molar-refractivity contribution in [2.75, 3.05) is 5.32 Å². The van der Waals surface area contributed by atoms with E-state index in [-0.39, 0.29) is 23.5 Å². The van der Waals surface area contributed by atoms with Crippen LogP contribution in [0.3, 0.4) is 0 Å². The van der Waals surface area contributed by atoms with Crippen molar-refractivity contribution in [2.45, 2.75) is 71.6 Å². The first-order chi connectivity index (χ1) is 15.8. The third-order valence-electron chi connectivity index (χ3n) is 5.77. The van der Waals surface area contributed by atoms with Crippen LogP contribution in [-0.2, 0) is 29.0 Å². The molecule has 0 bridgehead atoms. The van der Waals surface area contributed by atoms with Crippen LogP contribution in [0, 0.1) is 0 Å². The Bertz CT molecular complexity index is 1170. The van der Waals surface area contributed by atoms with Crippen molar-refractivity contribution < 1.29 is 14.3 Å². The van der Waals surface area contributed by atoms with Gasteiger partial charge in [-0.05, 0) is 45.2 Å². The van der Waals surface area contributed by atoms with Crippen LogP contribution in [0.4, 0.5) is 5.69 Å². The van der Waals surface area contributed by atoms with Crippen molar-refractivity contribution >= 4 is 39.1 Å². The molecule has 3 heterocycles. The summed E-state index contributed by atoms with van der Waals surface area (Å²) in [6, 6.07) is 12.0. The van der Waals surface area contributed by atoms with Crippen molar-refractivity contribution in [3.8, 4) is 0 Å². The molecule has 0 spiro atoms. The van der Waals surface area contributed by atoms with Gasteiger partial charge in [0.15, 0.2) is 0 Å². The van der Waals surface area contributed by atoms with Crippen LogP contribution in [0.15, 0.2) is 36.4 Å². The van der Waals surface area contributed by atoms with E-state index in [1.807, 2.05) is 38.1 Å². The average molecular weight is 466 g/mol. The van der Waals surface area contributed by atoms with Gasteiger partial charge in [0, 0.05) is 29.8 Å². The highest BCUT2D eigenvalue weighted by molar-refractivity contribution is 7.21. The van der Waals surface area contributed by atoms with Crippen LogP contribution >= 0.6 is 11.3 Å². The van der Waals surface area contributed by atoms with Crippen molar-refractivity contribution in [1.82, 2.24) is 10.3 Å². The topological polar surface area (TPSA) is 80.3 Å². The summed E-state index contributed by atoms with van der Waals surface area (Å²) >= 11 is 1.33. The number of thiophene rings is 1. The SMILES string of the molecule is CCCC(=O)Nc1c(C(=O)N[C@H](C)Cc2ccccc2)sc2nc3c(cc12)COC(C)(C)C3. The Morgan fingerprint density at radius 2 is 2.00 bits per heavy atom. The number of aromatic nitrogens is 1. The van der Waals surface area contributed by atoms with Gasteiger partial charge in [0.2, 0.25) is 5.91 Å². The molecule has 1 atom stereocenters. The minimum absolute atomic E-state index is 0.0559. The van der Waals surface area contributed by atoms with Crippen molar-refractivity contribution in [2.24, 2.45) is 0 Å². The van der Waals surface area contributed by atoms with Crippen LogP contribution in [0.1, 0.15) is 67.0 Å². The van der Waals surface area contributed by atoms with E-state index in [1.54, 1.807) is 0 Å². The number of anilines is 1. The highest BCUT2D eigenvalue weighted by atomic mass is 32.1. The van der Waals surface area contributed by atoms with Crippen molar-refractivity contribution in [3.05, 3.63) is 58.1 Å². The molecule has 2 aromatic heterocycles. The third kappa shape index (κ3) is 5.42. The molecule has 4 rings (SSSR count). The molecule has 7 heteroatoms. The number of nitrogens with one attached hydrogen (secondary N) is 2. The standard InChI is InChI=1S/C26H31N3O3S/c1-5-9-21(30)29-22-19-13-18-15-32-26(3,4)14-20(18)28-25(19)33-23(22)24(31)27-16(2)12-17-10-7-6-8-11-17/h6-8,10-11,13,16H,5,9,12,14-15H2,1-4H3,(H,27,31)(H,29,30)/t16-/m1/s1. The second-order valence-electron chi connectivity index (χ2n) is 9.34. The molecular formula is C26H31N3O3S. The van der Waals surface area contributed by atoms with Gasteiger partial charge in [-0.1, -0.05) is 37.3 Å². The van der Waals surface area contributed by atoms with Crippen LogP contribution < -0.4 is 10.6 Å². The first-order valence-electron chi connectivity index (χ1n) is 11.5. The first kappa shape index (κ1) is 23.4. The molecule has 0 radical (unpaired) electrons. The second-order valence-corrected chi connectivity index (χ2v) is 10.3. The maximum Gasteiger partial charge on any atom is 0.263 e. The quantitative estimate of drug-likeness (QED) is 0.500. The van der Waals surface area contributed by atoms with E-state index in [0.717, 1.165) is 39.9 Å². The lowest BCUT2D eigenvalue weighted by molar-refractivity contribution is -0.116. The first-order valence-corrected chi connectivity index (χ1v) is 12.3. The summed E-state index contributed by atoms with van der Waals surface area (Å²) in [6.45, 7) is 8.53. The Balaban J connectivity index is 1.66. The average Bonchev–Trinajstić information content (AvgIpc) is 3.09. The van der Waals surface area contributed by atoms with Gasteiger partial charge in [-0.3, -0.25) is 9.59 Å². The lowest BCUT2D eigenvalue weighted by Gasteiger charge is -2.31. The zero-order valence-electron chi connectivity index (χ0n) is 19.7. The number of pyridine rings is 1. The zero-order chi connectivity index (χ0) is 23.6. The summed E-state index contributed by atoms with van der Waals surface area (Å²) in [6.07, 6.45) is 2.58. The molecule has 1 aliphatic heterocycles. The highest BCUT2D eigenvalue weighted by Gasteiger charge is 2.29. The number of hydrogen-bond acceptors (Lipinski definition) is 5. The van der Waals surface area contributed by atoms with Gasteiger partial charge in [0.05, 0.1) is 23.6 Å². The predicted octanol–water partition coefficient (Wildman–Crippen LogP) is 5.25. The Kier molecular flexibility index (Phi) is 6.81. The summed E-state index contributed by atoms with van der Waals surface area (Å²) < 4.78 is 5.96. The van der Waals surface area contributed by atoms with E-state index in [9.17, 15) is 9.59 Å². The molecule has 1 aromatic carbocycles. The number of benzene rings is 1. The smallest absolute Gasteiger partial charge is 0.263 e. The van der Waals surface area contributed by atoms with Crippen LogP contribution in [0.25, 0.3) is 10.2 Å². The van der Waals surface area contributed by atoms with Crippen LogP contribution in [-0.4, -0.2) is 28.4 Å². The number of rotatable bonds is 7. The lowest BCUT2D eigenvalue weighted by atomic mass is 9.95. The maximum atomic E-state index is 13.3. The fraction of sp³-hybridized carbons (Fsp3) is 0.423. The van der Waals surface area contributed by atoms with Gasteiger partial charge in [-0.15, -0.1) is 11.3 Å². The lowest BCUT2D eigenvalue weighted by Crippen LogP contribution is -2.34. The monoisotopic (exact) mass is 465 g/mol. The van der Waals surface area contributed by atoms with Gasteiger partial charge < -0.3 is 15.4 Å². The summed E-state index contributed by atoms with van der Waals surface area (Å²) in [5.41, 5.74) is 3.45. The van der Waals surface area contributed by atoms with E-state index >= 15 is 0 Å². The molecule has 2 N–H and O–H groups in total. The molecule has 6 nitrogen and oxygen atoms in total. The molecular weight excluding hydrogens is 434 g/mol. The Hall–Kier alpha value is -2.77. The summed E-state index contributed by atoms with van der Waals surface area (Å²) in [5, 5.41) is 6.89. The summed E-state index contributed by atoms with van der Waals surface area (Å²) in [5.74, 6) is -0.290. The van der Waals surface area contributed by atoms with Gasteiger partial charge in [0.25, 0.3) is 5.91 Å². The molecule has 0 saturated heterocycles. The number of amides is 2. The van der Waals surface area contributed by atoms with Gasteiger partial charge in [-0.25, -0.2) is 4.98 Å². The largest absolute Gasteiger partial charge is 0.370 e. The fourth-order valence-electron chi connectivity index (χ4n) is 4.13. The molecule has 0 saturated carbocycles. The Labute approximate surface area is 198 Å². The van der Waals surface area contributed by atoms with Gasteiger partial charge >= 0.3 is 0 Å². The minimum Gasteiger partial charge on any atom is -0.370 e. The predicted molar refractivity (Wildman–Crippen MR) is 133 cm³/mol. The van der Waals surface area contributed by atoms with Gasteiger partial charge in [0.1, 0.15) is 9.71 Å². The third-order valence-corrected chi connectivity index (χ3v) is 6.87. The molecule has 0 fully saturated rings. The van der Waals surface area contributed by atoms with E-state index in [1.165, 1.54) is 11.3 Å². The summed E-state index contributed by atoms with van der Waals surface area (Å²) in [4.78, 5) is 31.9. The van der Waals surface area contributed by atoms with E-state index in [2.05, 4.69) is 36.6 Å². The minimum atomic E-state index is -0.268. The maximum absolute atomic E-state index is 13.3. The summed E-state index contributed by atoms with van der Waals surface area (Å²) in [7, 11) is 0. The molecule has 3 aromatic rings. The number of hydrogen-bond donors (Lipinski definition) is 2. The van der Waals surface area contributed by atoms with Gasteiger partial charge in [-0.2, -0.15) is 0 Å². The normalized spacial score (nSPS) is 15.6. The number of ether oxygens (including phenoxy) is 1. The number of fused-ring (bicyclic) bond motifs is 2. The molecule has 2 amide bonds. The van der Waals surface area contributed by atoms with Crippen LogP contribution in [0.2, 0.25) is 0 Å². The fourth-order valence-corrected chi connectivity index (χ4v) is 5.16. The molecule has 174 valence electrons. The van der Waals surface area contributed by atoms with E-state index < -0.39 is 0 Å². The molecule has 0 aliphatic carbocycles. The Morgan fingerprint density at radius 3 is 2.73 bits per heavy atom. The van der Waals surface area contributed by atoms with Crippen molar-refractivity contribution in [1.29, 1.82) is 0 Å². The number of carbonyl (C=O) groups is 2.